The van der Waals surface area contributed by atoms with Gasteiger partial charge < -0.3 is 10.3 Å². The van der Waals surface area contributed by atoms with Crippen LogP contribution >= 0.6 is 0 Å². The highest BCUT2D eigenvalue weighted by molar-refractivity contribution is 5.71. The molecule has 2 heterocycles. The van der Waals surface area contributed by atoms with Crippen LogP contribution in [0.3, 0.4) is 0 Å². The molecule has 0 spiro atoms. The van der Waals surface area contributed by atoms with Gasteiger partial charge in [-0.3, -0.25) is 0 Å². The van der Waals surface area contributed by atoms with E-state index in [1.54, 1.807) is 0 Å². The Morgan fingerprint density at radius 3 is 2.95 bits per heavy atom. The summed E-state index contributed by atoms with van der Waals surface area (Å²) in [6.07, 6.45) is 8.19. The van der Waals surface area contributed by atoms with Crippen molar-refractivity contribution < 1.29 is 0 Å². The molecule has 0 saturated heterocycles. The van der Waals surface area contributed by atoms with Crippen LogP contribution in [0.15, 0.2) is 18.3 Å². The summed E-state index contributed by atoms with van der Waals surface area (Å²) in [4.78, 5) is 9.45. The molecule has 0 amide bonds. The van der Waals surface area contributed by atoms with Gasteiger partial charge in [-0.05, 0) is 50.3 Å². The van der Waals surface area contributed by atoms with Crippen LogP contribution in [-0.4, -0.2) is 21.1 Å². The van der Waals surface area contributed by atoms with Gasteiger partial charge in [0.1, 0.15) is 11.3 Å². The van der Waals surface area contributed by atoms with Crippen molar-refractivity contribution in [2.45, 2.75) is 44.1 Å². The Balaban J connectivity index is 1.86. The topological polar surface area (TPSA) is 56.7 Å². The Morgan fingerprint density at radius 1 is 1.26 bits per heavy atom. The molecule has 19 heavy (non-hydrogen) atoms. The fourth-order valence-electron chi connectivity index (χ4n) is 3.56. The number of hydrogen-bond donors (Lipinski definition) is 1. The molecule has 2 aromatic rings. The van der Waals surface area contributed by atoms with E-state index in [9.17, 15) is 0 Å². The van der Waals surface area contributed by atoms with Gasteiger partial charge in [0.25, 0.3) is 0 Å². The first kappa shape index (κ1) is 11.4. The van der Waals surface area contributed by atoms with Gasteiger partial charge in [0.05, 0.1) is 0 Å². The quantitative estimate of drug-likeness (QED) is 0.918. The fourth-order valence-corrected chi connectivity index (χ4v) is 3.56. The molecule has 4 nitrogen and oxygen atoms in total. The van der Waals surface area contributed by atoms with Gasteiger partial charge in [0, 0.05) is 18.2 Å². The molecule has 0 bridgehead atoms. The predicted octanol–water partition coefficient (Wildman–Crippen LogP) is 2.61. The number of fused-ring (bicyclic) bond motifs is 1. The molecular weight excluding hydrogens is 236 g/mol. The third-order valence-corrected chi connectivity index (χ3v) is 4.68. The largest absolute Gasteiger partial charge is 0.330 e. The number of aromatic nitrogens is 3. The van der Waals surface area contributed by atoms with Crippen molar-refractivity contribution in [2.24, 2.45) is 11.7 Å². The molecule has 4 rings (SSSR count). The molecule has 2 N–H and O–H groups in total. The molecule has 2 atom stereocenters. The molecule has 2 unspecified atom stereocenters. The van der Waals surface area contributed by atoms with Crippen molar-refractivity contribution >= 4 is 11.2 Å². The summed E-state index contributed by atoms with van der Waals surface area (Å²) in [5.74, 6) is 2.40. The number of rotatable bonds is 3. The van der Waals surface area contributed by atoms with Crippen molar-refractivity contribution in [1.29, 1.82) is 0 Å². The Morgan fingerprint density at radius 2 is 2.16 bits per heavy atom. The van der Waals surface area contributed by atoms with Crippen molar-refractivity contribution in [3.63, 3.8) is 0 Å². The Kier molecular flexibility index (Phi) is 2.58. The Labute approximate surface area is 113 Å². The molecule has 2 saturated carbocycles. The molecule has 2 aromatic heterocycles. The van der Waals surface area contributed by atoms with E-state index in [0.29, 0.717) is 17.9 Å². The lowest BCUT2D eigenvalue weighted by atomic mass is 9.95. The zero-order valence-corrected chi connectivity index (χ0v) is 11.1. The summed E-state index contributed by atoms with van der Waals surface area (Å²) in [6, 6.07) is 4.69. The molecule has 2 fully saturated rings. The molecule has 2 aliphatic rings. The first-order valence-electron chi connectivity index (χ1n) is 7.41. The number of hydrogen-bond acceptors (Lipinski definition) is 3. The van der Waals surface area contributed by atoms with E-state index in [2.05, 4.69) is 15.6 Å². The van der Waals surface area contributed by atoms with Gasteiger partial charge in [-0.25, -0.2) is 9.97 Å². The van der Waals surface area contributed by atoms with Gasteiger partial charge in [-0.1, -0.05) is 6.42 Å². The Bertz CT molecular complexity index is 599. The van der Waals surface area contributed by atoms with Crippen molar-refractivity contribution in [1.82, 2.24) is 14.5 Å². The van der Waals surface area contributed by atoms with Crippen LogP contribution in [0, 0.1) is 5.92 Å². The van der Waals surface area contributed by atoms with Crippen LogP contribution in [-0.2, 0) is 0 Å². The molecule has 0 aliphatic heterocycles. The van der Waals surface area contributed by atoms with Gasteiger partial charge in [-0.15, -0.1) is 0 Å². The van der Waals surface area contributed by atoms with E-state index >= 15 is 0 Å². The van der Waals surface area contributed by atoms with Gasteiger partial charge in [-0.2, -0.15) is 0 Å². The molecular formula is C15H20N4. The third kappa shape index (κ3) is 1.77. The predicted molar refractivity (Wildman–Crippen MR) is 74.9 cm³/mol. The number of nitrogens with zero attached hydrogens (tertiary/aromatic N) is 3. The lowest BCUT2D eigenvalue weighted by Crippen LogP contribution is -2.20. The first-order valence-corrected chi connectivity index (χ1v) is 7.41. The normalized spacial score (nSPS) is 27.2. The van der Waals surface area contributed by atoms with Gasteiger partial charge in [0.15, 0.2) is 5.65 Å². The standard InChI is InChI=1S/C15H20N4/c16-9-10-3-1-4-12(10)14-18-13-5-2-8-17-15(13)19(14)11-6-7-11/h2,5,8,10-12H,1,3-4,6-7,9,16H2. The van der Waals surface area contributed by atoms with Crippen LogP contribution < -0.4 is 5.73 Å². The highest BCUT2D eigenvalue weighted by Crippen LogP contribution is 2.44. The number of pyridine rings is 1. The fraction of sp³-hybridized carbons (Fsp3) is 0.600. The molecule has 0 radical (unpaired) electrons. The van der Waals surface area contributed by atoms with Gasteiger partial charge >= 0.3 is 0 Å². The monoisotopic (exact) mass is 256 g/mol. The first-order chi connectivity index (χ1) is 9.38. The molecule has 4 heteroatoms. The van der Waals surface area contributed by atoms with Crippen molar-refractivity contribution in [3.8, 4) is 0 Å². The highest BCUT2D eigenvalue weighted by atomic mass is 15.2. The molecule has 0 aromatic carbocycles. The minimum atomic E-state index is 0.541. The third-order valence-electron chi connectivity index (χ3n) is 4.68. The van der Waals surface area contributed by atoms with Crippen LogP contribution in [0.4, 0.5) is 0 Å². The van der Waals surface area contributed by atoms with E-state index in [-0.39, 0.29) is 0 Å². The van der Waals surface area contributed by atoms with E-state index in [0.717, 1.165) is 17.7 Å². The summed E-state index contributed by atoms with van der Waals surface area (Å²) >= 11 is 0. The minimum absolute atomic E-state index is 0.541. The maximum Gasteiger partial charge on any atom is 0.160 e. The van der Waals surface area contributed by atoms with E-state index in [1.165, 1.54) is 37.9 Å². The maximum absolute atomic E-state index is 5.94. The van der Waals surface area contributed by atoms with Gasteiger partial charge in [0.2, 0.25) is 0 Å². The zero-order valence-electron chi connectivity index (χ0n) is 11.1. The van der Waals surface area contributed by atoms with E-state index in [1.807, 2.05) is 12.3 Å². The summed E-state index contributed by atoms with van der Waals surface area (Å²) in [6.45, 7) is 0.784. The van der Waals surface area contributed by atoms with Crippen molar-refractivity contribution in [2.75, 3.05) is 6.54 Å². The van der Waals surface area contributed by atoms with E-state index in [4.69, 9.17) is 10.7 Å². The molecule has 2 aliphatic carbocycles. The summed E-state index contributed by atoms with van der Waals surface area (Å²) in [7, 11) is 0. The van der Waals surface area contributed by atoms with E-state index < -0.39 is 0 Å². The highest BCUT2D eigenvalue weighted by Gasteiger charge is 2.36. The summed E-state index contributed by atoms with van der Waals surface area (Å²) in [5.41, 5.74) is 8.07. The smallest absolute Gasteiger partial charge is 0.160 e. The summed E-state index contributed by atoms with van der Waals surface area (Å²) < 4.78 is 2.41. The maximum atomic E-state index is 5.94. The second-order valence-electron chi connectivity index (χ2n) is 5.95. The zero-order chi connectivity index (χ0) is 12.8. The second-order valence-corrected chi connectivity index (χ2v) is 5.95. The Hall–Kier alpha value is -1.42. The average Bonchev–Trinajstić information content (AvgIpc) is 3.05. The summed E-state index contributed by atoms with van der Waals surface area (Å²) in [5, 5.41) is 0. The van der Waals surface area contributed by atoms with Crippen LogP contribution in [0.1, 0.15) is 49.9 Å². The van der Waals surface area contributed by atoms with Crippen LogP contribution in [0.25, 0.3) is 11.2 Å². The number of nitrogens with two attached hydrogens (primary N) is 1. The second kappa shape index (κ2) is 4.30. The van der Waals surface area contributed by atoms with Crippen molar-refractivity contribution in [3.05, 3.63) is 24.2 Å². The van der Waals surface area contributed by atoms with Crippen LogP contribution in [0.2, 0.25) is 0 Å². The average molecular weight is 256 g/mol. The SMILES string of the molecule is NCC1CCCC1c1nc2cccnc2n1C1CC1. The molecule has 100 valence electrons. The van der Waals surface area contributed by atoms with Crippen LogP contribution in [0.5, 0.6) is 0 Å². The number of imidazole rings is 1. The lowest BCUT2D eigenvalue weighted by Gasteiger charge is -2.18. The lowest BCUT2D eigenvalue weighted by molar-refractivity contribution is 0.461. The minimum Gasteiger partial charge on any atom is -0.330 e.